The number of anilines is 4. The molecule has 4 rings (SSSR count). The number of nitrogens with one attached hydrogen (secondary N) is 3. The summed E-state index contributed by atoms with van der Waals surface area (Å²) in [6.45, 7) is 1.96. The number of halogens is 3. The van der Waals surface area contributed by atoms with Gasteiger partial charge in [-0.2, -0.15) is 23.3 Å². The highest BCUT2D eigenvalue weighted by Crippen LogP contribution is 2.34. The highest BCUT2D eigenvalue weighted by Gasteiger charge is 2.35. The summed E-state index contributed by atoms with van der Waals surface area (Å²) in [4.78, 5) is 19.3. The molecule has 3 aromatic rings. The van der Waals surface area contributed by atoms with Gasteiger partial charge in [-0.3, -0.25) is 9.48 Å². The molecule has 8 nitrogen and oxygen atoms in total. The molecule has 0 fully saturated rings. The van der Waals surface area contributed by atoms with Crippen molar-refractivity contribution in [1.29, 1.82) is 0 Å². The summed E-state index contributed by atoms with van der Waals surface area (Å²) in [5, 5.41) is 12.4. The van der Waals surface area contributed by atoms with Crippen LogP contribution in [-0.4, -0.2) is 25.7 Å². The Hall–Kier alpha value is -3.63. The Bertz CT molecular complexity index is 1120. The van der Waals surface area contributed by atoms with Gasteiger partial charge in [0.2, 0.25) is 11.9 Å². The summed E-state index contributed by atoms with van der Waals surface area (Å²) >= 11 is 0. The zero-order chi connectivity index (χ0) is 21.5. The fraction of sp³-hybridized carbons (Fsp3) is 0.263. The average molecular weight is 417 g/mol. The molecule has 0 unspecified atom stereocenters. The number of hydrogen-bond acceptors (Lipinski definition) is 6. The fourth-order valence-corrected chi connectivity index (χ4v) is 3.12. The zero-order valence-corrected chi connectivity index (χ0v) is 16.1. The van der Waals surface area contributed by atoms with E-state index >= 15 is 0 Å². The third kappa shape index (κ3) is 3.91. The highest BCUT2D eigenvalue weighted by atomic mass is 19.4. The summed E-state index contributed by atoms with van der Waals surface area (Å²) in [6.07, 6.45) is -2.03. The van der Waals surface area contributed by atoms with Gasteiger partial charge in [0, 0.05) is 42.4 Å². The van der Waals surface area contributed by atoms with E-state index < -0.39 is 11.7 Å². The number of nitrogens with zero attached hydrogens (tertiary/aromatic N) is 4. The van der Waals surface area contributed by atoms with Crippen LogP contribution in [0.3, 0.4) is 0 Å². The van der Waals surface area contributed by atoms with Crippen molar-refractivity contribution in [3.8, 4) is 0 Å². The van der Waals surface area contributed by atoms with Crippen LogP contribution < -0.4 is 16.0 Å². The van der Waals surface area contributed by atoms with E-state index in [9.17, 15) is 18.0 Å². The highest BCUT2D eigenvalue weighted by molar-refractivity contribution is 5.99. The predicted octanol–water partition coefficient (Wildman–Crippen LogP) is 3.39. The first-order chi connectivity index (χ1) is 14.2. The van der Waals surface area contributed by atoms with Crippen molar-refractivity contribution in [2.75, 3.05) is 16.0 Å². The van der Waals surface area contributed by atoms with Crippen molar-refractivity contribution in [1.82, 2.24) is 19.7 Å². The maximum Gasteiger partial charge on any atom is 0.421 e. The molecule has 1 aliphatic heterocycles. The van der Waals surface area contributed by atoms with Crippen LogP contribution in [0.1, 0.15) is 22.4 Å². The molecule has 0 atom stereocenters. The molecule has 3 N–H and O–H groups in total. The van der Waals surface area contributed by atoms with Gasteiger partial charge in [-0.25, -0.2) is 4.98 Å². The largest absolute Gasteiger partial charge is 0.421 e. The number of amides is 1. The molecule has 0 radical (unpaired) electrons. The smallest absolute Gasteiger partial charge is 0.365 e. The van der Waals surface area contributed by atoms with Crippen LogP contribution in [0.25, 0.3) is 0 Å². The molecule has 1 aliphatic rings. The molecular formula is C19H18F3N7O. The van der Waals surface area contributed by atoms with Gasteiger partial charge in [0.1, 0.15) is 11.4 Å². The van der Waals surface area contributed by atoms with Crippen LogP contribution in [-0.2, 0) is 31.0 Å². The number of rotatable bonds is 5. The van der Waals surface area contributed by atoms with E-state index in [1.807, 2.05) is 6.92 Å². The van der Waals surface area contributed by atoms with E-state index in [-0.39, 0.29) is 30.6 Å². The lowest BCUT2D eigenvalue weighted by Crippen LogP contribution is -2.14. The molecule has 2 aromatic heterocycles. The lowest BCUT2D eigenvalue weighted by Gasteiger charge is -2.15. The summed E-state index contributed by atoms with van der Waals surface area (Å²) in [7, 11) is 1.76. The Morgan fingerprint density at radius 2 is 2.07 bits per heavy atom. The molecular weight excluding hydrogens is 399 g/mol. The summed E-state index contributed by atoms with van der Waals surface area (Å²) in [6, 6.07) is 5.15. The second-order valence-corrected chi connectivity index (χ2v) is 6.91. The maximum atomic E-state index is 13.4. The number of aromatic nitrogens is 4. The monoisotopic (exact) mass is 417 g/mol. The number of benzene rings is 1. The standard InChI is InChI=1S/C19H18F3N7O/c1-10-12(8-25-29(10)2)7-23-17-14(19(20,21)22)9-24-18(28-17)26-13-3-4-15-11(5-13)6-16(30)27-15/h3-5,8-9H,6-7H2,1-2H3,(H,27,30)(H2,23,24,26,28). The number of carbonyl (C=O) groups excluding carboxylic acids is 1. The Labute approximate surface area is 169 Å². The van der Waals surface area contributed by atoms with Gasteiger partial charge in [0.15, 0.2) is 0 Å². The first-order valence-electron chi connectivity index (χ1n) is 9.06. The molecule has 1 amide bonds. The number of alkyl halides is 3. The summed E-state index contributed by atoms with van der Waals surface area (Å²) < 4.78 is 41.9. The van der Waals surface area contributed by atoms with E-state index in [0.717, 1.165) is 23.0 Å². The number of hydrogen-bond donors (Lipinski definition) is 3. The van der Waals surface area contributed by atoms with Crippen LogP contribution >= 0.6 is 0 Å². The molecule has 156 valence electrons. The van der Waals surface area contributed by atoms with Crippen molar-refractivity contribution in [3.05, 3.63) is 53.0 Å². The molecule has 3 heterocycles. The number of aryl methyl sites for hydroxylation is 1. The first-order valence-corrected chi connectivity index (χ1v) is 9.06. The van der Waals surface area contributed by atoms with Gasteiger partial charge in [-0.15, -0.1) is 0 Å². The molecule has 0 bridgehead atoms. The molecule has 0 spiro atoms. The molecule has 30 heavy (non-hydrogen) atoms. The SMILES string of the molecule is Cc1c(CNc2nc(Nc3ccc4c(c3)CC(=O)N4)ncc2C(F)(F)F)cnn1C. The third-order valence-electron chi connectivity index (χ3n) is 4.86. The molecule has 0 aliphatic carbocycles. The minimum atomic E-state index is -4.61. The number of fused-ring (bicyclic) bond motifs is 1. The van der Waals surface area contributed by atoms with Crippen molar-refractivity contribution >= 4 is 29.0 Å². The lowest BCUT2D eigenvalue weighted by atomic mass is 10.1. The molecule has 0 saturated carbocycles. The van der Waals surface area contributed by atoms with Crippen LogP contribution in [0.5, 0.6) is 0 Å². The van der Waals surface area contributed by atoms with Crippen LogP contribution in [0, 0.1) is 6.92 Å². The van der Waals surface area contributed by atoms with Gasteiger partial charge >= 0.3 is 6.18 Å². The topological polar surface area (TPSA) is 96.8 Å². The second-order valence-electron chi connectivity index (χ2n) is 6.91. The van der Waals surface area contributed by atoms with Gasteiger partial charge in [0.25, 0.3) is 0 Å². The van der Waals surface area contributed by atoms with Crippen molar-refractivity contribution in [3.63, 3.8) is 0 Å². The summed E-state index contributed by atoms with van der Waals surface area (Å²) in [5.41, 5.74) is 2.71. The van der Waals surface area contributed by atoms with Gasteiger partial charge in [-0.05, 0) is 30.7 Å². The maximum absolute atomic E-state index is 13.4. The van der Waals surface area contributed by atoms with Crippen molar-refractivity contribution in [2.45, 2.75) is 26.1 Å². The predicted molar refractivity (Wildman–Crippen MR) is 104 cm³/mol. The fourth-order valence-electron chi connectivity index (χ4n) is 3.12. The van der Waals surface area contributed by atoms with E-state index in [4.69, 9.17) is 0 Å². The minimum Gasteiger partial charge on any atom is -0.365 e. The Balaban J connectivity index is 1.59. The van der Waals surface area contributed by atoms with Crippen LogP contribution in [0.4, 0.5) is 36.3 Å². The quantitative estimate of drug-likeness (QED) is 0.589. The van der Waals surface area contributed by atoms with Gasteiger partial charge in [0.05, 0.1) is 12.6 Å². The van der Waals surface area contributed by atoms with Gasteiger partial charge < -0.3 is 16.0 Å². The zero-order valence-electron chi connectivity index (χ0n) is 16.1. The molecule has 1 aromatic carbocycles. The minimum absolute atomic E-state index is 0.00522. The molecule has 0 saturated heterocycles. The van der Waals surface area contributed by atoms with Crippen LogP contribution in [0.15, 0.2) is 30.6 Å². The average Bonchev–Trinajstić information content (AvgIpc) is 3.20. The van der Waals surface area contributed by atoms with E-state index in [0.29, 0.717) is 11.4 Å². The molecule has 11 heteroatoms. The van der Waals surface area contributed by atoms with E-state index in [2.05, 4.69) is 31.0 Å². The Morgan fingerprint density at radius 1 is 1.27 bits per heavy atom. The van der Waals surface area contributed by atoms with Crippen molar-refractivity contribution < 1.29 is 18.0 Å². The summed E-state index contributed by atoms with van der Waals surface area (Å²) in [5.74, 6) is -0.433. The Morgan fingerprint density at radius 3 is 2.77 bits per heavy atom. The first kappa shape index (κ1) is 19.7. The normalized spacial score (nSPS) is 13.2. The van der Waals surface area contributed by atoms with Crippen LogP contribution in [0.2, 0.25) is 0 Å². The van der Waals surface area contributed by atoms with Crippen molar-refractivity contribution in [2.24, 2.45) is 7.05 Å². The lowest BCUT2D eigenvalue weighted by molar-refractivity contribution is -0.137. The van der Waals surface area contributed by atoms with E-state index in [1.54, 1.807) is 36.1 Å². The second kappa shape index (κ2) is 7.32. The Kier molecular flexibility index (Phi) is 4.80. The van der Waals surface area contributed by atoms with Gasteiger partial charge in [-0.1, -0.05) is 0 Å². The van der Waals surface area contributed by atoms with E-state index in [1.165, 1.54) is 0 Å². The third-order valence-corrected chi connectivity index (χ3v) is 4.86. The number of carbonyl (C=O) groups is 1.